The lowest BCUT2D eigenvalue weighted by molar-refractivity contribution is 0.535. The Hall–Kier alpha value is -0.820. The van der Waals surface area contributed by atoms with Crippen molar-refractivity contribution in [1.29, 1.82) is 0 Å². The summed E-state index contributed by atoms with van der Waals surface area (Å²) in [5, 5.41) is 0. The lowest BCUT2D eigenvalue weighted by Crippen LogP contribution is -2.14. The van der Waals surface area contributed by atoms with Crippen molar-refractivity contribution in [3.8, 4) is 0 Å². The van der Waals surface area contributed by atoms with Crippen LogP contribution in [0, 0.1) is 19.8 Å². The van der Waals surface area contributed by atoms with Crippen LogP contribution in [0.3, 0.4) is 0 Å². The molecule has 0 spiro atoms. The topological polar surface area (TPSA) is 26.0 Å². The number of aryl methyl sites for hydroxylation is 2. The van der Waals surface area contributed by atoms with Crippen LogP contribution in [0.1, 0.15) is 56.4 Å². The van der Waals surface area contributed by atoms with Crippen LogP contribution in [0.2, 0.25) is 0 Å². The molecule has 0 saturated heterocycles. The van der Waals surface area contributed by atoms with Crippen molar-refractivity contribution >= 4 is 0 Å². The molecule has 1 unspecified atom stereocenters. The van der Waals surface area contributed by atoms with Gasteiger partial charge in [0.1, 0.15) is 0 Å². The molecule has 1 atom stereocenters. The van der Waals surface area contributed by atoms with E-state index < -0.39 is 0 Å². The minimum atomic E-state index is 0.233. The molecule has 0 fully saturated rings. The molecular formula is C17H29N. The van der Waals surface area contributed by atoms with Gasteiger partial charge in [0.05, 0.1) is 0 Å². The molecule has 0 aliphatic rings. The normalized spacial score (nSPS) is 13.7. The SMILES string of the molecule is Cc1cc(C(C)(C)C)cc(C)c1CC(C)CCN. The summed E-state index contributed by atoms with van der Waals surface area (Å²) >= 11 is 0. The molecule has 0 radical (unpaired) electrons. The molecule has 1 nitrogen and oxygen atoms in total. The summed E-state index contributed by atoms with van der Waals surface area (Å²) in [5.41, 5.74) is 11.7. The van der Waals surface area contributed by atoms with Gasteiger partial charge in [-0.3, -0.25) is 0 Å². The minimum absolute atomic E-state index is 0.233. The first-order valence-electron chi connectivity index (χ1n) is 7.06. The molecule has 0 saturated carbocycles. The Morgan fingerprint density at radius 3 is 2.00 bits per heavy atom. The molecule has 0 heterocycles. The second-order valence-electron chi connectivity index (χ2n) is 6.73. The van der Waals surface area contributed by atoms with Crippen molar-refractivity contribution < 1.29 is 0 Å². The fourth-order valence-electron chi connectivity index (χ4n) is 2.48. The summed E-state index contributed by atoms with van der Waals surface area (Å²) < 4.78 is 0. The summed E-state index contributed by atoms with van der Waals surface area (Å²) in [6, 6.07) is 4.72. The van der Waals surface area contributed by atoms with Crippen molar-refractivity contribution in [1.82, 2.24) is 0 Å². The second-order valence-corrected chi connectivity index (χ2v) is 6.73. The van der Waals surface area contributed by atoms with Crippen LogP contribution in [-0.4, -0.2) is 6.54 Å². The Bertz CT molecular complexity index is 376. The quantitative estimate of drug-likeness (QED) is 0.850. The van der Waals surface area contributed by atoms with E-state index in [0.29, 0.717) is 5.92 Å². The van der Waals surface area contributed by atoms with Crippen LogP contribution in [0.4, 0.5) is 0 Å². The lowest BCUT2D eigenvalue weighted by atomic mass is 9.82. The Labute approximate surface area is 113 Å². The zero-order chi connectivity index (χ0) is 13.9. The fourth-order valence-corrected chi connectivity index (χ4v) is 2.48. The third kappa shape index (κ3) is 3.84. The highest BCUT2D eigenvalue weighted by molar-refractivity contribution is 5.40. The predicted molar refractivity (Wildman–Crippen MR) is 81.2 cm³/mol. The zero-order valence-electron chi connectivity index (χ0n) is 12.9. The third-order valence-electron chi connectivity index (χ3n) is 3.77. The molecule has 0 aliphatic carbocycles. The molecule has 1 rings (SSSR count). The number of benzene rings is 1. The van der Waals surface area contributed by atoms with Crippen LogP contribution >= 0.6 is 0 Å². The van der Waals surface area contributed by atoms with Crippen LogP contribution in [0.25, 0.3) is 0 Å². The smallest absolute Gasteiger partial charge is 0.00746 e. The van der Waals surface area contributed by atoms with Gasteiger partial charge in [0, 0.05) is 0 Å². The van der Waals surface area contributed by atoms with E-state index in [-0.39, 0.29) is 5.41 Å². The maximum absolute atomic E-state index is 5.64. The van der Waals surface area contributed by atoms with Gasteiger partial charge in [-0.1, -0.05) is 39.8 Å². The van der Waals surface area contributed by atoms with Crippen LogP contribution < -0.4 is 5.73 Å². The average Bonchev–Trinajstić information content (AvgIpc) is 2.22. The van der Waals surface area contributed by atoms with Crippen molar-refractivity contribution in [2.24, 2.45) is 11.7 Å². The number of rotatable bonds is 4. The molecule has 0 aliphatic heterocycles. The van der Waals surface area contributed by atoms with Gasteiger partial charge >= 0.3 is 0 Å². The summed E-state index contributed by atoms with van der Waals surface area (Å²) in [6.45, 7) is 14.4. The first kappa shape index (κ1) is 15.2. The molecule has 0 amide bonds. The maximum atomic E-state index is 5.64. The molecule has 18 heavy (non-hydrogen) atoms. The zero-order valence-corrected chi connectivity index (χ0v) is 12.9. The first-order chi connectivity index (χ1) is 8.25. The lowest BCUT2D eigenvalue weighted by Gasteiger charge is -2.23. The number of nitrogens with two attached hydrogens (primary N) is 1. The van der Waals surface area contributed by atoms with E-state index in [1.54, 1.807) is 0 Å². The van der Waals surface area contributed by atoms with Crippen molar-refractivity contribution in [2.45, 2.75) is 59.8 Å². The summed E-state index contributed by atoms with van der Waals surface area (Å²) in [7, 11) is 0. The van der Waals surface area contributed by atoms with E-state index in [1.807, 2.05) is 0 Å². The van der Waals surface area contributed by atoms with E-state index in [1.165, 1.54) is 22.3 Å². The summed E-state index contributed by atoms with van der Waals surface area (Å²) in [6.07, 6.45) is 2.26. The molecule has 0 bridgehead atoms. The minimum Gasteiger partial charge on any atom is -0.330 e. The molecule has 1 heteroatoms. The van der Waals surface area contributed by atoms with Crippen molar-refractivity contribution in [2.75, 3.05) is 6.54 Å². The maximum Gasteiger partial charge on any atom is -0.00746 e. The predicted octanol–water partition coefficient (Wildman–Crippen LogP) is 4.13. The standard InChI is InChI=1S/C17H29N/c1-12(7-8-18)9-16-13(2)10-15(11-14(16)3)17(4,5)6/h10-12H,7-9,18H2,1-6H3. The van der Waals surface area contributed by atoms with Crippen LogP contribution in [0.5, 0.6) is 0 Å². The Kier molecular flexibility index (Phi) is 4.98. The van der Waals surface area contributed by atoms with Gasteiger partial charge in [-0.05, 0) is 66.8 Å². The molecule has 2 N–H and O–H groups in total. The molecule has 1 aromatic carbocycles. The monoisotopic (exact) mass is 247 g/mol. The Morgan fingerprint density at radius 1 is 1.11 bits per heavy atom. The van der Waals surface area contributed by atoms with Gasteiger partial charge in [0.2, 0.25) is 0 Å². The largest absolute Gasteiger partial charge is 0.330 e. The highest BCUT2D eigenvalue weighted by Gasteiger charge is 2.17. The highest BCUT2D eigenvalue weighted by atomic mass is 14.5. The van der Waals surface area contributed by atoms with Gasteiger partial charge in [-0.2, -0.15) is 0 Å². The Morgan fingerprint density at radius 2 is 1.61 bits per heavy atom. The van der Waals surface area contributed by atoms with Gasteiger partial charge in [-0.25, -0.2) is 0 Å². The van der Waals surface area contributed by atoms with Gasteiger partial charge in [0.15, 0.2) is 0 Å². The van der Waals surface area contributed by atoms with Crippen LogP contribution in [-0.2, 0) is 11.8 Å². The molecule has 0 aromatic heterocycles. The molecule has 1 aromatic rings. The van der Waals surface area contributed by atoms with E-state index in [4.69, 9.17) is 5.73 Å². The second kappa shape index (κ2) is 5.88. The molecular weight excluding hydrogens is 218 g/mol. The van der Waals surface area contributed by atoms with Gasteiger partial charge in [-0.15, -0.1) is 0 Å². The number of hydrogen-bond donors (Lipinski definition) is 1. The van der Waals surface area contributed by atoms with E-state index in [0.717, 1.165) is 19.4 Å². The van der Waals surface area contributed by atoms with E-state index in [9.17, 15) is 0 Å². The van der Waals surface area contributed by atoms with E-state index in [2.05, 4.69) is 53.7 Å². The summed E-state index contributed by atoms with van der Waals surface area (Å²) in [5.74, 6) is 0.674. The van der Waals surface area contributed by atoms with Gasteiger partial charge in [0.25, 0.3) is 0 Å². The fraction of sp³-hybridized carbons (Fsp3) is 0.647. The third-order valence-corrected chi connectivity index (χ3v) is 3.77. The average molecular weight is 247 g/mol. The number of hydrogen-bond acceptors (Lipinski definition) is 1. The molecule has 102 valence electrons. The van der Waals surface area contributed by atoms with Gasteiger partial charge < -0.3 is 5.73 Å². The van der Waals surface area contributed by atoms with Crippen molar-refractivity contribution in [3.63, 3.8) is 0 Å². The highest BCUT2D eigenvalue weighted by Crippen LogP contribution is 2.28. The van der Waals surface area contributed by atoms with Crippen LogP contribution in [0.15, 0.2) is 12.1 Å². The Balaban J connectivity index is 3.02. The van der Waals surface area contributed by atoms with E-state index >= 15 is 0 Å². The summed E-state index contributed by atoms with van der Waals surface area (Å²) in [4.78, 5) is 0. The first-order valence-corrected chi connectivity index (χ1v) is 7.06. The van der Waals surface area contributed by atoms with Crippen molar-refractivity contribution in [3.05, 3.63) is 34.4 Å².